The number of hydrogen-bond acceptors (Lipinski definition) is 2. The van der Waals surface area contributed by atoms with Crippen LogP contribution < -0.4 is 0 Å². The summed E-state index contributed by atoms with van der Waals surface area (Å²) in [6.07, 6.45) is 2.25. The molecule has 0 saturated heterocycles. The minimum atomic E-state index is -0.00473. The van der Waals surface area contributed by atoms with Gasteiger partial charge in [-0.25, -0.2) is 0 Å². The molecule has 1 aromatic heterocycles. The van der Waals surface area contributed by atoms with Crippen molar-refractivity contribution in [3.8, 4) is 0 Å². The number of carbonyl (C=O) groups is 1. The first-order valence-electron chi connectivity index (χ1n) is 6.04. The number of likely N-dealkylation sites (N-methyl/N-ethyl adjacent to an activating group) is 1. The minimum Gasteiger partial charge on any atom is -0.395 e. The van der Waals surface area contributed by atoms with Crippen molar-refractivity contribution in [1.29, 1.82) is 0 Å². The van der Waals surface area contributed by atoms with Crippen molar-refractivity contribution >= 4 is 16.8 Å². The molecule has 4 heteroatoms. The fraction of sp³-hybridized carbons (Fsp3) is 0.357. The summed E-state index contributed by atoms with van der Waals surface area (Å²) in [5.41, 5.74) is 3.27. The van der Waals surface area contributed by atoms with Crippen molar-refractivity contribution in [2.75, 3.05) is 20.2 Å². The number of aromatic nitrogens is 1. The summed E-state index contributed by atoms with van der Waals surface area (Å²) in [6, 6.07) is 6.06. The van der Waals surface area contributed by atoms with Crippen molar-refractivity contribution in [3.63, 3.8) is 0 Å². The summed E-state index contributed by atoms with van der Waals surface area (Å²) in [5, 5.41) is 9.92. The lowest BCUT2D eigenvalue weighted by molar-refractivity contribution is -0.129. The topological polar surface area (TPSA) is 56.3 Å². The molecule has 0 aliphatic rings. The van der Waals surface area contributed by atoms with Gasteiger partial charge in [0.15, 0.2) is 0 Å². The number of nitrogens with one attached hydrogen (secondary N) is 1. The highest BCUT2D eigenvalue weighted by Gasteiger charge is 2.12. The summed E-state index contributed by atoms with van der Waals surface area (Å²) in [4.78, 5) is 16.7. The van der Waals surface area contributed by atoms with E-state index in [9.17, 15) is 4.79 Å². The Morgan fingerprint density at radius 2 is 2.22 bits per heavy atom. The average molecular weight is 246 g/mol. The number of H-pyrrole nitrogens is 1. The van der Waals surface area contributed by atoms with Gasteiger partial charge in [-0.1, -0.05) is 18.2 Å². The zero-order valence-electron chi connectivity index (χ0n) is 10.7. The minimum absolute atomic E-state index is 0.00473. The first-order chi connectivity index (χ1) is 8.63. The predicted octanol–water partition coefficient (Wildman–Crippen LogP) is 1.47. The first-order valence-corrected chi connectivity index (χ1v) is 6.04. The highest BCUT2D eigenvalue weighted by atomic mass is 16.3. The summed E-state index contributed by atoms with van der Waals surface area (Å²) < 4.78 is 0. The van der Waals surface area contributed by atoms with Crippen LogP contribution in [0.1, 0.15) is 11.1 Å². The van der Waals surface area contributed by atoms with Gasteiger partial charge in [-0.3, -0.25) is 4.79 Å². The van der Waals surface area contributed by atoms with Gasteiger partial charge in [0.05, 0.1) is 13.0 Å². The fourth-order valence-corrected chi connectivity index (χ4v) is 2.08. The summed E-state index contributed by atoms with van der Waals surface area (Å²) >= 11 is 0. The van der Waals surface area contributed by atoms with Crippen LogP contribution in [0.4, 0.5) is 0 Å². The van der Waals surface area contributed by atoms with E-state index < -0.39 is 0 Å². The summed E-state index contributed by atoms with van der Waals surface area (Å²) in [5.74, 6) is 0.0199. The second-order valence-electron chi connectivity index (χ2n) is 4.53. The molecule has 96 valence electrons. The molecule has 18 heavy (non-hydrogen) atoms. The Bertz CT molecular complexity index is 560. The van der Waals surface area contributed by atoms with Gasteiger partial charge >= 0.3 is 0 Å². The Morgan fingerprint density at radius 1 is 1.44 bits per heavy atom. The second kappa shape index (κ2) is 5.23. The third-order valence-corrected chi connectivity index (χ3v) is 3.21. The normalized spacial score (nSPS) is 10.8. The molecule has 0 atom stereocenters. The molecule has 0 fully saturated rings. The number of fused-ring (bicyclic) bond motifs is 1. The molecule has 1 amide bonds. The van der Waals surface area contributed by atoms with Gasteiger partial charge in [0.2, 0.25) is 5.91 Å². The van der Waals surface area contributed by atoms with E-state index in [0.717, 1.165) is 16.5 Å². The van der Waals surface area contributed by atoms with E-state index in [0.29, 0.717) is 13.0 Å². The van der Waals surface area contributed by atoms with E-state index in [1.807, 2.05) is 31.3 Å². The third-order valence-electron chi connectivity index (χ3n) is 3.21. The number of carbonyl (C=O) groups excluding carboxylic acids is 1. The van der Waals surface area contributed by atoms with Crippen LogP contribution in [0.15, 0.2) is 24.4 Å². The molecule has 0 aliphatic heterocycles. The number of rotatable bonds is 4. The van der Waals surface area contributed by atoms with Gasteiger partial charge in [-0.05, 0) is 18.1 Å². The maximum atomic E-state index is 11.9. The number of amides is 1. The van der Waals surface area contributed by atoms with Crippen molar-refractivity contribution in [2.45, 2.75) is 13.3 Å². The number of aromatic amines is 1. The highest BCUT2D eigenvalue weighted by Crippen LogP contribution is 2.21. The van der Waals surface area contributed by atoms with Crippen molar-refractivity contribution in [2.24, 2.45) is 0 Å². The lowest BCUT2D eigenvalue weighted by Gasteiger charge is -2.15. The highest BCUT2D eigenvalue weighted by molar-refractivity contribution is 5.90. The van der Waals surface area contributed by atoms with Gasteiger partial charge < -0.3 is 15.0 Å². The first kappa shape index (κ1) is 12.6. The molecule has 0 spiro atoms. The van der Waals surface area contributed by atoms with Gasteiger partial charge in [-0.15, -0.1) is 0 Å². The standard InChI is InChI=1S/C14H18N2O2/c1-10-4-3-5-12-11(9-15-14(10)12)8-13(18)16(2)6-7-17/h3-5,9,15,17H,6-8H2,1-2H3. The molecule has 1 aromatic carbocycles. The van der Waals surface area contributed by atoms with Crippen LogP contribution >= 0.6 is 0 Å². The number of aliphatic hydroxyl groups excluding tert-OH is 1. The molecule has 0 aliphatic carbocycles. The lowest BCUT2D eigenvalue weighted by Crippen LogP contribution is -2.30. The number of para-hydroxylation sites is 1. The summed E-state index contributed by atoms with van der Waals surface area (Å²) in [6.45, 7) is 2.41. The zero-order valence-corrected chi connectivity index (χ0v) is 10.7. The lowest BCUT2D eigenvalue weighted by atomic mass is 10.1. The number of nitrogens with zero attached hydrogens (tertiary/aromatic N) is 1. The van der Waals surface area contributed by atoms with E-state index in [1.54, 1.807) is 11.9 Å². The van der Waals surface area contributed by atoms with E-state index in [1.165, 1.54) is 5.56 Å². The van der Waals surface area contributed by atoms with E-state index in [2.05, 4.69) is 4.98 Å². The van der Waals surface area contributed by atoms with Crippen molar-refractivity contribution in [3.05, 3.63) is 35.5 Å². The van der Waals surface area contributed by atoms with Crippen molar-refractivity contribution < 1.29 is 9.90 Å². The summed E-state index contributed by atoms with van der Waals surface area (Å²) in [7, 11) is 1.71. The van der Waals surface area contributed by atoms with Gasteiger partial charge in [0.25, 0.3) is 0 Å². The molecule has 1 heterocycles. The molecule has 0 bridgehead atoms. The van der Waals surface area contributed by atoms with Crippen LogP contribution in [-0.4, -0.2) is 41.1 Å². The number of aliphatic hydroxyl groups is 1. The van der Waals surface area contributed by atoms with Gasteiger partial charge in [0, 0.05) is 30.7 Å². The number of aryl methyl sites for hydroxylation is 1. The van der Waals surface area contributed by atoms with Gasteiger partial charge in [-0.2, -0.15) is 0 Å². The molecule has 0 unspecified atom stereocenters. The Morgan fingerprint density at radius 3 is 2.94 bits per heavy atom. The third kappa shape index (κ3) is 2.38. The molecule has 2 rings (SSSR count). The van der Waals surface area contributed by atoms with E-state index in [4.69, 9.17) is 5.11 Å². The van der Waals surface area contributed by atoms with Crippen LogP contribution in [0, 0.1) is 6.92 Å². The van der Waals surface area contributed by atoms with Crippen LogP contribution in [0.3, 0.4) is 0 Å². The maximum absolute atomic E-state index is 11.9. The molecule has 0 radical (unpaired) electrons. The van der Waals surface area contributed by atoms with Gasteiger partial charge in [0.1, 0.15) is 0 Å². The number of hydrogen-bond donors (Lipinski definition) is 2. The Kier molecular flexibility index (Phi) is 3.67. The fourth-order valence-electron chi connectivity index (χ4n) is 2.08. The van der Waals surface area contributed by atoms with Crippen molar-refractivity contribution in [1.82, 2.24) is 9.88 Å². The molecule has 0 saturated carbocycles. The largest absolute Gasteiger partial charge is 0.395 e. The monoisotopic (exact) mass is 246 g/mol. The van der Waals surface area contributed by atoms with Crippen LogP contribution in [-0.2, 0) is 11.2 Å². The SMILES string of the molecule is Cc1cccc2c(CC(=O)N(C)CCO)c[nH]c12. The predicted molar refractivity (Wildman–Crippen MR) is 71.5 cm³/mol. The molecular formula is C14H18N2O2. The van der Waals surface area contributed by atoms with Crippen LogP contribution in [0.5, 0.6) is 0 Å². The van der Waals surface area contributed by atoms with Crippen LogP contribution in [0.2, 0.25) is 0 Å². The Balaban J connectivity index is 2.22. The Labute approximate surface area is 106 Å². The molecule has 4 nitrogen and oxygen atoms in total. The van der Waals surface area contributed by atoms with Crippen LogP contribution in [0.25, 0.3) is 10.9 Å². The second-order valence-corrected chi connectivity index (χ2v) is 4.53. The van der Waals surface area contributed by atoms with E-state index >= 15 is 0 Å². The Hall–Kier alpha value is -1.81. The smallest absolute Gasteiger partial charge is 0.226 e. The quantitative estimate of drug-likeness (QED) is 0.858. The molecule has 2 aromatic rings. The zero-order chi connectivity index (χ0) is 13.1. The average Bonchev–Trinajstić information content (AvgIpc) is 2.74. The maximum Gasteiger partial charge on any atom is 0.226 e. The molecular weight excluding hydrogens is 228 g/mol. The number of benzene rings is 1. The van der Waals surface area contributed by atoms with E-state index in [-0.39, 0.29) is 12.5 Å². The molecule has 2 N–H and O–H groups in total.